The lowest BCUT2D eigenvalue weighted by molar-refractivity contribution is 1.18. The lowest BCUT2D eigenvalue weighted by Crippen LogP contribution is -1.97. The molecular formula is C50H32N4. The van der Waals surface area contributed by atoms with Crippen molar-refractivity contribution >= 4 is 32.3 Å². The topological polar surface area (TPSA) is 51.6 Å². The molecule has 0 spiro atoms. The minimum absolute atomic E-state index is 0.677. The molecule has 0 aliphatic carbocycles. The van der Waals surface area contributed by atoms with Gasteiger partial charge in [0.1, 0.15) is 0 Å². The van der Waals surface area contributed by atoms with E-state index >= 15 is 0 Å². The van der Waals surface area contributed by atoms with E-state index < -0.39 is 0 Å². The molecule has 0 aliphatic rings. The van der Waals surface area contributed by atoms with Gasteiger partial charge in [0.25, 0.3) is 0 Å². The highest BCUT2D eigenvalue weighted by molar-refractivity contribution is 6.14. The molecular weight excluding hydrogens is 657 g/mol. The standard InChI is InChI=1S/C50H32N4/c1-2-12-40-37(9-1)29-47(45-16-6-4-13-42(40)45)34-19-23-36(24-20-34)50-53-32-48(49(54-50)35-21-17-33(18-22-35)38-10-7-27-51-30-38)46-26-25-41(39-11-8-28-52-31-39)43-14-3-5-15-44(43)46/h1-32H. The summed E-state index contributed by atoms with van der Waals surface area (Å²) in [7, 11) is 0. The molecule has 4 heteroatoms. The maximum Gasteiger partial charge on any atom is 0.159 e. The lowest BCUT2D eigenvalue weighted by Gasteiger charge is -2.16. The van der Waals surface area contributed by atoms with Gasteiger partial charge in [-0.25, -0.2) is 9.97 Å². The van der Waals surface area contributed by atoms with Crippen molar-refractivity contribution in [3.63, 3.8) is 0 Å². The molecule has 0 unspecified atom stereocenters. The van der Waals surface area contributed by atoms with Crippen LogP contribution in [-0.4, -0.2) is 19.9 Å². The maximum atomic E-state index is 5.34. The predicted molar refractivity (Wildman–Crippen MR) is 223 cm³/mol. The van der Waals surface area contributed by atoms with E-state index in [9.17, 15) is 0 Å². The van der Waals surface area contributed by atoms with Gasteiger partial charge in [-0.1, -0.05) is 146 Å². The van der Waals surface area contributed by atoms with Crippen LogP contribution in [0.5, 0.6) is 0 Å². The van der Waals surface area contributed by atoms with Crippen LogP contribution in [0.15, 0.2) is 195 Å². The molecule has 0 fully saturated rings. The van der Waals surface area contributed by atoms with Crippen LogP contribution in [0.1, 0.15) is 0 Å². The van der Waals surface area contributed by atoms with Crippen LogP contribution in [0.4, 0.5) is 0 Å². The summed E-state index contributed by atoms with van der Waals surface area (Å²) in [5.74, 6) is 0.677. The van der Waals surface area contributed by atoms with Crippen molar-refractivity contribution in [1.29, 1.82) is 0 Å². The number of rotatable bonds is 6. The van der Waals surface area contributed by atoms with Crippen molar-refractivity contribution in [1.82, 2.24) is 19.9 Å². The fourth-order valence-electron chi connectivity index (χ4n) is 7.69. The van der Waals surface area contributed by atoms with E-state index in [1.165, 1.54) is 27.1 Å². The summed E-state index contributed by atoms with van der Waals surface area (Å²) < 4.78 is 0. The summed E-state index contributed by atoms with van der Waals surface area (Å²) in [5.41, 5.74) is 11.7. The van der Waals surface area contributed by atoms with Crippen molar-refractivity contribution < 1.29 is 0 Å². The molecule has 0 atom stereocenters. The summed E-state index contributed by atoms with van der Waals surface area (Å²) in [5, 5.41) is 7.28. The quantitative estimate of drug-likeness (QED) is 0.163. The van der Waals surface area contributed by atoms with Gasteiger partial charge in [0.15, 0.2) is 5.82 Å². The first-order valence-electron chi connectivity index (χ1n) is 18.1. The van der Waals surface area contributed by atoms with Crippen molar-refractivity contribution in [3.8, 4) is 67.2 Å². The summed E-state index contributed by atoms with van der Waals surface area (Å²) in [6, 6.07) is 57.9. The normalized spacial score (nSPS) is 11.3. The Balaban J connectivity index is 1.10. The molecule has 0 saturated heterocycles. The van der Waals surface area contributed by atoms with E-state index in [0.29, 0.717) is 5.82 Å². The molecule has 54 heavy (non-hydrogen) atoms. The van der Waals surface area contributed by atoms with Crippen LogP contribution in [0.3, 0.4) is 0 Å². The average Bonchev–Trinajstić information content (AvgIpc) is 3.26. The van der Waals surface area contributed by atoms with Crippen LogP contribution >= 0.6 is 0 Å². The van der Waals surface area contributed by atoms with Crippen LogP contribution in [-0.2, 0) is 0 Å². The van der Waals surface area contributed by atoms with E-state index in [1.807, 2.05) is 36.9 Å². The van der Waals surface area contributed by atoms with Crippen LogP contribution < -0.4 is 0 Å². The number of nitrogens with zero attached hydrogens (tertiary/aromatic N) is 4. The molecule has 10 rings (SSSR count). The van der Waals surface area contributed by atoms with E-state index in [2.05, 4.69) is 162 Å². The summed E-state index contributed by atoms with van der Waals surface area (Å²) in [6.07, 6.45) is 9.41. The molecule has 0 amide bonds. The zero-order valence-corrected chi connectivity index (χ0v) is 29.3. The van der Waals surface area contributed by atoms with Crippen molar-refractivity contribution in [2.45, 2.75) is 0 Å². The second kappa shape index (κ2) is 13.4. The number of hydrogen-bond acceptors (Lipinski definition) is 4. The first-order chi connectivity index (χ1) is 26.8. The minimum atomic E-state index is 0.677. The molecule has 0 radical (unpaired) electrons. The van der Waals surface area contributed by atoms with Gasteiger partial charge < -0.3 is 0 Å². The zero-order valence-electron chi connectivity index (χ0n) is 29.3. The number of aromatic nitrogens is 4. The van der Waals surface area contributed by atoms with E-state index in [4.69, 9.17) is 9.97 Å². The van der Waals surface area contributed by atoms with Crippen molar-refractivity contribution in [2.24, 2.45) is 0 Å². The molecule has 10 aromatic rings. The molecule has 252 valence electrons. The Labute approximate surface area is 313 Å². The molecule has 3 aromatic heterocycles. The van der Waals surface area contributed by atoms with Gasteiger partial charge in [0, 0.05) is 53.2 Å². The largest absolute Gasteiger partial charge is 0.264 e. The molecule has 0 bridgehead atoms. The van der Waals surface area contributed by atoms with Gasteiger partial charge in [0.05, 0.1) is 5.69 Å². The Morgan fingerprint density at radius 2 is 0.870 bits per heavy atom. The Morgan fingerprint density at radius 3 is 1.57 bits per heavy atom. The number of benzene rings is 7. The highest BCUT2D eigenvalue weighted by Crippen LogP contribution is 2.40. The molecule has 0 saturated carbocycles. The van der Waals surface area contributed by atoms with Gasteiger partial charge >= 0.3 is 0 Å². The van der Waals surface area contributed by atoms with Gasteiger partial charge in [-0.3, -0.25) is 9.97 Å². The predicted octanol–water partition coefficient (Wildman–Crippen LogP) is 12.7. The molecule has 0 aliphatic heterocycles. The van der Waals surface area contributed by atoms with Gasteiger partial charge in [-0.05, 0) is 83.9 Å². The monoisotopic (exact) mass is 688 g/mol. The third kappa shape index (κ3) is 5.58. The second-order valence-electron chi connectivity index (χ2n) is 13.5. The molecule has 7 aromatic carbocycles. The minimum Gasteiger partial charge on any atom is -0.264 e. The number of fused-ring (bicyclic) bond motifs is 4. The van der Waals surface area contributed by atoms with Crippen molar-refractivity contribution in [2.75, 3.05) is 0 Å². The zero-order chi connectivity index (χ0) is 35.8. The smallest absolute Gasteiger partial charge is 0.159 e. The third-order valence-electron chi connectivity index (χ3n) is 10.4. The third-order valence-corrected chi connectivity index (χ3v) is 10.4. The van der Waals surface area contributed by atoms with Crippen molar-refractivity contribution in [3.05, 3.63) is 195 Å². The first kappa shape index (κ1) is 31.4. The molecule has 3 heterocycles. The summed E-state index contributed by atoms with van der Waals surface area (Å²) in [6.45, 7) is 0. The van der Waals surface area contributed by atoms with Gasteiger partial charge in [0.2, 0.25) is 0 Å². The number of pyridine rings is 2. The second-order valence-corrected chi connectivity index (χ2v) is 13.5. The Kier molecular flexibility index (Phi) is 7.77. The fourth-order valence-corrected chi connectivity index (χ4v) is 7.69. The number of hydrogen-bond donors (Lipinski definition) is 0. The first-order valence-corrected chi connectivity index (χ1v) is 18.1. The van der Waals surface area contributed by atoms with E-state index in [-0.39, 0.29) is 0 Å². The Hall–Kier alpha value is -7.30. The molecule has 4 nitrogen and oxygen atoms in total. The summed E-state index contributed by atoms with van der Waals surface area (Å²) in [4.78, 5) is 19.1. The Bertz CT molecular complexity index is 2960. The summed E-state index contributed by atoms with van der Waals surface area (Å²) >= 11 is 0. The fraction of sp³-hybridized carbons (Fsp3) is 0. The van der Waals surface area contributed by atoms with Crippen LogP contribution in [0, 0.1) is 0 Å². The van der Waals surface area contributed by atoms with Crippen LogP contribution in [0.2, 0.25) is 0 Å². The SMILES string of the molecule is c1cncc(-c2ccc(-c3nc(-c4ccc(-c5cc6ccccc6c6ccccc56)cc4)ncc3-c3ccc(-c4cccnc4)c4ccccc34)cc2)c1. The van der Waals surface area contributed by atoms with Gasteiger partial charge in [-0.2, -0.15) is 0 Å². The van der Waals surface area contributed by atoms with Crippen LogP contribution in [0.25, 0.3) is 99.5 Å². The highest BCUT2D eigenvalue weighted by Gasteiger charge is 2.18. The highest BCUT2D eigenvalue weighted by atomic mass is 14.9. The lowest BCUT2D eigenvalue weighted by atomic mass is 9.91. The average molecular weight is 689 g/mol. The van der Waals surface area contributed by atoms with Gasteiger partial charge in [-0.15, -0.1) is 0 Å². The molecule has 0 N–H and O–H groups in total. The Morgan fingerprint density at radius 1 is 0.315 bits per heavy atom. The maximum absolute atomic E-state index is 5.34. The van der Waals surface area contributed by atoms with E-state index in [0.717, 1.165) is 66.5 Å². The van der Waals surface area contributed by atoms with E-state index in [1.54, 1.807) is 6.20 Å².